The van der Waals surface area contributed by atoms with Gasteiger partial charge in [0.2, 0.25) is 0 Å². The molecule has 4 rings (SSSR count). The van der Waals surface area contributed by atoms with Gasteiger partial charge in [0.15, 0.2) is 52.6 Å². The molecule has 18 heteroatoms. The second-order valence-electron chi connectivity index (χ2n) is 9.99. The smallest absolute Gasteiger partial charge is 0.332 e. The van der Waals surface area contributed by atoms with Gasteiger partial charge in [-0.25, -0.2) is 14.4 Å². The summed E-state index contributed by atoms with van der Waals surface area (Å²) in [4.78, 5) is 77.9. The van der Waals surface area contributed by atoms with E-state index in [0.717, 1.165) is 36.4 Å². The Morgan fingerprint density at radius 1 is 0.479 bits per heavy atom. The molecule has 1 saturated heterocycles. The predicted octanol–water partition coefficient (Wildman–Crippen LogP) is -0.741. The zero-order valence-corrected chi connectivity index (χ0v) is 24.4. The van der Waals surface area contributed by atoms with Crippen molar-refractivity contribution in [2.45, 2.75) is 18.1 Å². The highest BCUT2D eigenvalue weighted by Gasteiger charge is 2.34. The number of phenols is 6. The summed E-state index contributed by atoms with van der Waals surface area (Å²) < 4.78 is 15.3. The van der Waals surface area contributed by atoms with Crippen molar-refractivity contribution in [2.24, 2.45) is 0 Å². The fourth-order valence-corrected chi connectivity index (χ4v) is 4.16. The Bertz CT molecular complexity index is 1570. The first-order chi connectivity index (χ1) is 22.8. The minimum Gasteiger partial charge on any atom is -0.504 e. The number of carbonyl (C=O) groups is 6. The number of para-hydroxylation sites is 3. The van der Waals surface area contributed by atoms with E-state index >= 15 is 0 Å². The van der Waals surface area contributed by atoms with Gasteiger partial charge in [0.05, 0.1) is 16.7 Å². The Morgan fingerprint density at radius 2 is 0.729 bits per heavy atom. The first-order valence-corrected chi connectivity index (χ1v) is 13.7. The molecule has 3 amide bonds. The van der Waals surface area contributed by atoms with Gasteiger partial charge in [-0.2, -0.15) is 0 Å². The molecule has 3 atom stereocenters. The molecule has 18 nitrogen and oxygen atoms in total. The maximum Gasteiger partial charge on any atom is 0.332 e. The zero-order chi connectivity index (χ0) is 35.1. The van der Waals surface area contributed by atoms with Crippen LogP contribution in [0.4, 0.5) is 0 Å². The van der Waals surface area contributed by atoms with Gasteiger partial charge in [0, 0.05) is 0 Å². The van der Waals surface area contributed by atoms with Crippen LogP contribution in [0, 0.1) is 0 Å². The number of esters is 3. The lowest BCUT2D eigenvalue weighted by Gasteiger charge is -2.25. The quantitative estimate of drug-likeness (QED) is 0.0887. The number of nitrogens with one attached hydrogen (secondary N) is 3. The first kappa shape index (κ1) is 34.2. The Labute approximate surface area is 269 Å². The van der Waals surface area contributed by atoms with Gasteiger partial charge in [0.25, 0.3) is 17.7 Å². The monoisotopic (exact) mass is 669 g/mol. The number of cyclic esters (lactones) is 3. The topological polar surface area (TPSA) is 288 Å². The molecule has 0 spiro atoms. The number of hydrogen-bond donors (Lipinski definition) is 9. The van der Waals surface area contributed by atoms with Gasteiger partial charge in [-0.1, -0.05) is 18.2 Å². The predicted molar refractivity (Wildman–Crippen MR) is 156 cm³/mol. The lowest BCUT2D eigenvalue weighted by atomic mass is 10.1. The van der Waals surface area contributed by atoms with Crippen LogP contribution in [0.2, 0.25) is 0 Å². The number of benzene rings is 3. The number of ether oxygens (including phenoxy) is 3. The van der Waals surface area contributed by atoms with Crippen molar-refractivity contribution in [1.82, 2.24) is 16.0 Å². The van der Waals surface area contributed by atoms with Crippen LogP contribution in [0.25, 0.3) is 0 Å². The van der Waals surface area contributed by atoms with E-state index in [-0.39, 0.29) is 0 Å². The van der Waals surface area contributed by atoms with Crippen molar-refractivity contribution < 1.29 is 73.6 Å². The van der Waals surface area contributed by atoms with Crippen LogP contribution in [0.5, 0.6) is 34.5 Å². The molecular formula is C30H27N3O15. The van der Waals surface area contributed by atoms with Crippen molar-refractivity contribution in [3.63, 3.8) is 0 Å². The molecule has 0 bridgehead atoms. The first-order valence-electron chi connectivity index (χ1n) is 13.7. The van der Waals surface area contributed by atoms with E-state index < -0.39 is 125 Å². The third-order valence-corrected chi connectivity index (χ3v) is 6.72. The number of aromatic hydroxyl groups is 6. The molecule has 0 aliphatic carbocycles. The molecule has 0 radical (unpaired) electrons. The largest absolute Gasteiger partial charge is 0.504 e. The second kappa shape index (κ2) is 14.6. The molecule has 1 aliphatic heterocycles. The van der Waals surface area contributed by atoms with Crippen LogP contribution in [-0.4, -0.2) is 104 Å². The van der Waals surface area contributed by atoms with Crippen LogP contribution in [0.15, 0.2) is 54.6 Å². The molecule has 3 aromatic carbocycles. The molecule has 3 unspecified atom stereocenters. The number of amides is 3. The molecule has 48 heavy (non-hydrogen) atoms. The van der Waals surface area contributed by atoms with Crippen molar-refractivity contribution >= 4 is 35.6 Å². The van der Waals surface area contributed by atoms with Crippen LogP contribution in [-0.2, 0) is 28.6 Å². The van der Waals surface area contributed by atoms with Gasteiger partial charge < -0.3 is 60.8 Å². The molecule has 1 fully saturated rings. The van der Waals surface area contributed by atoms with E-state index in [9.17, 15) is 59.4 Å². The molecule has 3 aromatic rings. The van der Waals surface area contributed by atoms with E-state index in [2.05, 4.69) is 16.0 Å². The van der Waals surface area contributed by atoms with E-state index in [0.29, 0.717) is 0 Å². The van der Waals surface area contributed by atoms with Gasteiger partial charge in [-0.15, -0.1) is 0 Å². The van der Waals surface area contributed by atoms with Crippen LogP contribution in [0.3, 0.4) is 0 Å². The highest BCUT2D eigenvalue weighted by Crippen LogP contribution is 2.30. The molecule has 0 saturated carbocycles. The third kappa shape index (κ3) is 7.73. The molecule has 1 aliphatic rings. The summed E-state index contributed by atoms with van der Waals surface area (Å²) in [5, 5.41) is 65.9. The van der Waals surface area contributed by atoms with Gasteiger partial charge in [-0.05, 0) is 36.4 Å². The van der Waals surface area contributed by atoms with Crippen molar-refractivity contribution in [3.05, 3.63) is 71.3 Å². The number of carbonyl (C=O) groups excluding carboxylic acids is 6. The van der Waals surface area contributed by atoms with Gasteiger partial charge >= 0.3 is 17.9 Å². The Morgan fingerprint density at radius 3 is 0.979 bits per heavy atom. The summed E-state index contributed by atoms with van der Waals surface area (Å²) in [7, 11) is 0. The zero-order valence-electron chi connectivity index (χ0n) is 24.4. The van der Waals surface area contributed by atoms with E-state index in [4.69, 9.17) is 14.2 Å². The maximum absolute atomic E-state index is 13.1. The number of hydrogen-bond acceptors (Lipinski definition) is 15. The van der Waals surface area contributed by atoms with Crippen molar-refractivity contribution in [1.29, 1.82) is 0 Å². The minimum absolute atomic E-state index is 0.490. The highest BCUT2D eigenvalue weighted by atomic mass is 16.6. The summed E-state index contributed by atoms with van der Waals surface area (Å²) >= 11 is 0. The summed E-state index contributed by atoms with van der Waals surface area (Å²) in [6.07, 6.45) is 0. The molecule has 252 valence electrons. The van der Waals surface area contributed by atoms with Crippen molar-refractivity contribution in [3.8, 4) is 34.5 Å². The molecule has 1 heterocycles. The van der Waals surface area contributed by atoms with Crippen LogP contribution < -0.4 is 16.0 Å². The van der Waals surface area contributed by atoms with Crippen molar-refractivity contribution in [2.75, 3.05) is 19.8 Å². The van der Waals surface area contributed by atoms with Crippen LogP contribution >= 0.6 is 0 Å². The summed E-state index contributed by atoms with van der Waals surface area (Å²) in [5.74, 6) is -11.9. The Kier molecular flexibility index (Phi) is 10.4. The Hall–Kier alpha value is -6.72. The van der Waals surface area contributed by atoms with E-state index in [1.165, 1.54) is 18.2 Å². The highest BCUT2D eigenvalue weighted by molar-refractivity contribution is 6.01. The number of phenolic OH excluding ortho intramolecular Hbond substituents is 6. The van der Waals surface area contributed by atoms with E-state index in [1.807, 2.05) is 0 Å². The van der Waals surface area contributed by atoms with Gasteiger partial charge in [0.1, 0.15) is 19.8 Å². The fourth-order valence-electron chi connectivity index (χ4n) is 4.16. The average molecular weight is 670 g/mol. The molecular weight excluding hydrogens is 642 g/mol. The lowest BCUT2D eigenvalue weighted by molar-refractivity contribution is -0.160. The molecule has 9 N–H and O–H groups in total. The molecule has 0 aromatic heterocycles. The number of rotatable bonds is 6. The van der Waals surface area contributed by atoms with Crippen LogP contribution in [0.1, 0.15) is 31.1 Å². The average Bonchev–Trinajstić information content (AvgIpc) is 3.05. The second-order valence-corrected chi connectivity index (χ2v) is 9.99. The Balaban J connectivity index is 1.63. The standard InChI is InChI=1S/C30H27N3O15/c34-19-7-1-4-13(22(19)37)25(40)31-16-10-46-29(44)18(33-27(42)15-6-3-9-21(36)24(15)39)12-48-30(45)17(11-47-28(16)43)32-26(41)14-5-2-8-20(35)23(14)38/h1-9,16-18,34-39H,10-12H2,(H,31,40)(H,32,41)(H,33,42). The third-order valence-electron chi connectivity index (χ3n) is 6.72. The SMILES string of the molecule is O=C(NC1COC(=O)C(NC(=O)c2cccc(O)c2O)COC(=O)C(NC(=O)c2cccc(O)c2O)COC1=O)c1cccc(O)c1O. The fraction of sp³-hybridized carbons (Fsp3) is 0.200. The normalized spacial score (nSPS) is 18.5. The minimum atomic E-state index is -1.84. The summed E-state index contributed by atoms with van der Waals surface area (Å²) in [5.41, 5.74) is -1.47. The van der Waals surface area contributed by atoms with E-state index in [1.54, 1.807) is 0 Å². The van der Waals surface area contributed by atoms with Gasteiger partial charge in [-0.3, -0.25) is 14.4 Å². The maximum atomic E-state index is 13.1. The lowest BCUT2D eigenvalue weighted by Crippen LogP contribution is -2.52. The summed E-state index contributed by atoms with van der Waals surface area (Å²) in [6.45, 7) is -2.85. The summed E-state index contributed by atoms with van der Waals surface area (Å²) in [6, 6.07) is 4.64.